The first-order chi connectivity index (χ1) is 12.0. The molecule has 0 radical (unpaired) electrons. The summed E-state index contributed by atoms with van der Waals surface area (Å²) >= 11 is 1.14. The Morgan fingerprint density at radius 1 is 1.24 bits per heavy atom. The summed E-state index contributed by atoms with van der Waals surface area (Å²) in [6, 6.07) is 10.8. The number of rotatable bonds is 5. The van der Waals surface area contributed by atoms with E-state index in [2.05, 4.69) is 9.97 Å². The van der Waals surface area contributed by atoms with Crippen LogP contribution in [0.4, 0.5) is 0 Å². The minimum absolute atomic E-state index is 0.115. The van der Waals surface area contributed by atoms with Gasteiger partial charge in [0.2, 0.25) is 0 Å². The average Bonchev–Trinajstić information content (AvgIpc) is 2.59. The number of phenolic OH excluding ortho intramolecular Hbond substituents is 2. The van der Waals surface area contributed by atoms with E-state index in [0.717, 1.165) is 17.8 Å². The van der Waals surface area contributed by atoms with Crippen molar-refractivity contribution in [1.82, 2.24) is 9.97 Å². The molecule has 128 valence electrons. The molecule has 1 unspecified atom stereocenters. The van der Waals surface area contributed by atoms with Gasteiger partial charge in [-0.1, -0.05) is 30.8 Å². The fourth-order valence-corrected chi connectivity index (χ4v) is 3.45. The predicted octanol–water partition coefficient (Wildman–Crippen LogP) is 3.09. The molecule has 0 fully saturated rings. The minimum atomic E-state index is -0.528. The number of nitrogens with zero attached hydrogens (tertiary/aromatic N) is 1. The van der Waals surface area contributed by atoms with E-state index in [1.165, 1.54) is 12.1 Å². The van der Waals surface area contributed by atoms with Gasteiger partial charge in [-0.15, -0.1) is 0 Å². The Labute approximate surface area is 147 Å². The van der Waals surface area contributed by atoms with E-state index >= 15 is 0 Å². The Hall–Kier alpha value is -2.80. The van der Waals surface area contributed by atoms with Crippen LogP contribution >= 0.6 is 11.8 Å². The summed E-state index contributed by atoms with van der Waals surface area (Å²) < 4.78 is 0. The fraction of sp³-hybridized carbons (Fsp3) is 0.167. The smallest absolute Gasteiger partial charge is 0.259 e. The number of aromatic amines is 1. The molecule has 0 aliphatic rings. The molecule has 2 aromatic carbocycles. The second-order valence-electron chi connectivity index (χ2n) is 5.47. The SMILES string of the molecule is CCC(Sc1nc2ccccc2c(=O)[nH]1)C(=O)c1ccc(O)cc1O. The summed E-state index contributed by atoms with van der Waals surface area (Å²) in [5.74, 6) is -0.680. The summed E-state index contributed by atoms with van der Waals surface area (Å²) in [6.45, 7) is 1.84. The second-order valence-corrected chi connectivity index (χ2v) is 6.66. The van der Waals surface area contributed by atoms with Crippen LogP contribution < -0.4 is 5.56 Å². The number of H-pyrrole nitrogens is 1. The van der Waals surface area contributed by atoms with E-state index in [1.807, 2.05) is 6.92 Å². The molecule has 1 atom stereocenters. The quantitative estimate of drug-likeness (QED) is 0.369. The third kappa shape index (κ3) is 3.51. The van der Waals surface area contributed by atoms with Gasteiger partial charge >= 0.3 is 0 Å². The van der Waals surface area contributed by atoms with E-state index in [9.17, 15) is 19.8 Å². The van der Waals surface area contributed by atoms with Gasteiger partial charge in [0.25, 0.3) is 5.56 Å². The molecule has 1 aromatic heterocycles. The molecule has 0 saturated heterocycles. The van der Waals surface area contributed by atoms with Crippen LogP contribution in [0, 0.1) is 0 Å². The van der Waals surface area contributed by atoms with Gasteiger partial charge in [0.1, 0.15) is 11.5 Å². The van der Waals surface area contributed by atoms with Crippen LogP contribution in [0.15, 0.2) is 52.4 Å². The lowest BCUT2D eigenvalue weighted by Gasteiger charge is -2.14. The van der Waals surface area contributed by atoms with Gasteiger partial charge in [-0.3, -0.25) is 9.59 Å². The van der Waals surface area contributed by atoms with Crippen LogP contribution in [-0.4, -0.2) is 31.2 Å². The van der Waals surface area contributed by atoms with Gasteiger partial charge < -0.3 is 15.2 Å². The number of carbonyl (C=O) groups excluding carboxylic acids is 1. The zero-order valence-electron chi connectivity index (χ0n) is 13.4. The fourth-order valence-electron chi connectivity index (χ4n) is 2.48. The molecule has 0 aliphatic carbocycles. The number of hydrogen-bond donors (Lipinski definition) is 3. The number of Topliss-reactive ketones (excluding diaryl/α,β-unsaturated/α-hetero) is 1. The number of thioether (sulfide) groups is 1. The lowest BCUT2D eigenvalue weighted by atomic mass is 10.1. The van der Waals surface area contributed by atoms with Crippen molar-refractivity contribution in [2.24, 2.45) is 0 Å². The standard InChI is InChI=1S/C18H16N2O4S/c1-2-15(16(23)12-8-7-10(21)9-14(12)22)25-18-19-13-6-4-3-5-11(13)17(24)20-18/h3-9,15,21-22H,2H2,1H3,(H,19,20,24). The molecule has 0 bridgehead atoms. The van der Waals surface area contributed by atoms with E-state index < -0.39 is 5.25 Å². The van der Waals surface area contributed by atoms with Crippen molar-refractivity contribution in [3.63, 3.8) is 0 Å². The van der Waals surface area contributed by atoms with E-state index in [1.54, 1.807) is 24.3 Å². The summed E-state index contributed by atoms with van der Waals surface area (Å²) in [7, 11) is 0. The van der Waals surface area contributed by atoms with Crippen LogP contribution in [0.25, 0.3) is 10.9 Å². The van der Waals surface area contributed by atoms with Gasteiger partial charge in [0.15, 0.2) is 10.9 Å². The number of ketones is 1. The Balaban J connectivity index is 1.92. The molecule has 3 rings (SSSR count). The topological polar surface area (TPSA) is 103 Å². The number of aromatic nitrogens is 2. The van der Waals surface area contributed by atoms with Crippen molar-refractivity contribution >= 4 is 28.4 Å². The Bertz CT molecular complexity index is 1000. The zero-order chi connectivity index (χ0) is 18.0. The van der Waals surface area contributed by atoms with Gasteiger partial charge in [-0.25, -0.2) is 4.98 Å². The van der Waals surface area contributed by atoms with Crippen molar-refractivity contribution in [1.29, 1.82) is 0 Å². The molecule has 25 heavy (non-hydrogen) atoms. The molecule has 7 heteroatoms. The maximum Gasteiger partial charge on any atom is 0.259 e. The first kappa shape index (κ1) is 17.0. The van der Waals surface area contributed by atoms with Crippen LogP contribution in [0.3, 0.4) is 0 Å². The molecule has 3 aromatic rings. The second kappa shape index (κ2) is 6.98. The third-order valence-corrected chi connectivity index (χ3v) is 5.00. The number of carbonyl (C=O) groups is 1. The molecule has 1 heterocycles. The minimum Gasteiger partial charge on any atom is -0.508 e. The number of aromatic hydroxyl groups is 2. The van der Waals surface area contributed by atoms with E-state index in [0.29, 0.717) is 22.5 Å². The molecular formula is C18H16N2O4S. The van der Waals surface area contributed by atoms with Crippen LogP contribution in [0.2, 0.25) is 0 Å². The number of hydrogen-bond acceptors (Lipinski definition) is 6. The highest BCUT2D eigenvalue weighted by atomic mass is 32.2. The van der Waals surface area contributed by atoms with Gasteiger partial charge in [0.05, 0.1) is 21.7 Å². The van der Waals surface area contributed by atoms with E-state index in [4.69, 9.17) is 0 Å². The van der Waals surface area contributed by atoms with Crippen molar-refractivity contribution < 1.29 is 15.0 Å². The molecule has 3 N–H and O–H groups in total. The van der Waals surface area contributed by atoms with E-state index in [-0.39, 0.29) is 28.4 Å². The molecule has 0 saturated carbocycles. The first-order valence-electron chi connectivity index (χ1n) is 7.71. The van der Waals surface area contributed by atoms with Gasteiger partial charge in [0, 0.05) is 6.07 Å². The highest BCUT2D eigenvalue weighted by molar-refractivity contribution is 8.00. The zero-order valence-corrected chi connectivity index (χ0v) is 14.2. The first-order valence-corrected chi connectivity index (χ1v) is 8.59. The lowest BCUT2D eigenvalue weighted by Crippen LogP contribution is -2.18. The van der Waals surface area contributed by atoms with Crippen LogP contribution in [0.1, 0.15) is 23.7 Å². The van der Waals surface area contributed by atoms with Gasteiger partial charge in [-0.05, 0) is 30.7 Å². The summed E-state index contributed by atoms with van der Waals surface area (Å²) in [5.41, 5.74) is 0.423. The summed E-state index contributed by atoms with van der Waals surface area (Å²) in [5, 5.41) is 19.6. The highest BCUT2D eigenvalue weighted by Crippen LogP contribution is 2.30. The van der Waals surface area contributed by atoms with Crippen molar-refractivity contribution in [3.8, 4) is 11.5 Å². The lowest BCUT2D eigenvalue weighted by molar-refractivity contribution is 0.0985. The number of benzene rings is 2. The van der Waals surface area contributed by atoms with Crippen LogP contribution in [-0.2, 0) is 0 Å². The largest absolute Gasteiger partial charge is 0.508 e. The van der Waals surface area contributed by atoms with Gasteiger partial charge in [-0.2, -0.15) is 0 Å². The summed E-state index contributed by atoms with van der Waals surface area (Å²) in [6.07, 6.45) is 0.486. The number of nitrogens with one attached hydrogen (secondary N) is 1. The number of phenols is 2. The highest BCUT2D eigenvalue weighted by Gasteiger charge is 2.23. The van der Waals surface area contributed by atoms with Crippen molar-refractivity contribution in [3.05, 3.63) is 58.4 Å². The molecular weight excluding hydrogens is 340 g/mol. The monoisotopic (exact) mass is 356 g/mol. The predicted molar refractivity (Wildman–Crippen MR) is 96.4 cm³/mol. The third-order valence-electron chi connectivity index (χ3n) is 3.76. The van der Waals surface area contributed by atoms with Crippen LogP contribution in [0.5, 0.6) is 11.5 Å². The Morgan fingerprint density at radius 3 is 2.72 bits per heavy atom. The molecule has 0 spiro atoms. The summed E-state index contributed by atoms with van der Waals surface area (Å²) in [4.78, 5) is 31.9. The molecule has 0 aliphatic heterocycles. The number of para-hydroxylation sites is 1. The maximum atomic E-state index is 12.7. The average molecular weight is 356 g/mol. The Kier molecular flexibility index (Phi) is 4.76. The normalized spacial score (nSPS) is 12.2. The number of fused-ring (bicyclic) bond motifs is 1. The molecule has 6 nitrogen and oxygen atoms in total. The Morgan fingerprint density at radius 2 is 2.00 bits per heavy atom. The molecule has 0 amide bonds. The maximum absolute atomic E-state index is 12.7. The van der Waals surface area contributed by atoms with Crippen molar-refractivity contribution in [2.45, 2.75) is 23.8 Å². The van der Waals surface area contributed by atoms with Crippen molar-refractivity contribution in [2.75, 3.05) is 0 Å².